The van der Waals surface area contributed by atoms with Crippen molar-refractivity contribution < 1.29 is 17.9 Å². The lowest BCUT2D eigenvalue weighted by Gasteiger charge is -2.17. The van der Waals surface area contributed by atoms with Gasteiger partial charge in [0.2, 0.25) is 15.9 Å². The van der Waals surface area contributed by atoms with Crippen LogP contribution in [0, 0.1) is 0 Å². The molecule has 0 bridgehead atoms. The van der Waals surface area contributed by atoms with Gasteiger partial charge in [0.1, 0.15) is 11.8 Å². The van der Waals surface area contributed by atoms with Gasteiger partial charge in [0.15, 0.2) is 0 Å². The molecule has 2 rings (SSSR count). The summed E-state index contributed by atoms with van der Waals surface area (Å²) in [6, 6.07) is 12.2. The molecule has 0 heterocycles. The number of benzene rings is 2. The number of carbonyl (C=O) groups is 1. The van der Waals surface area contributed by atoms with Gasteiger partial charge in [-0.1, -0.05) is 36.7 Å². The van der Waals surface area contributed by atoms with Crippen LogP contribution in [-0.4, -0.2) is 27.5 Å². The molecule has 0 fully saturated rings. The predicted molar refractivity (Wildman–Crippen MR) is 101 cm³/mol. The van der Waals surface area contributed by atoms with E-state index >= 15 is 0 Å². The number of ether oxygens (including phenoxy) is 1. The number of sulfonamides is 1. The SMILES string of the molecule is CCC(NS(=O)(=O)c1ccc(OC)cc1)C(=O)NCc1ccccc1Cl. The molecule has 6 nitrogen and oxygen atoms in total. The van der Waals surface area contributed by atoms with Gasteiger partial charge in [0, 0.05) is 11.6 Å². The zero-order valence-corrected chi connectivity index (χ0v) is 16.1. The fourth-order valence-corrected chi connectivity index (χ4v) is 3.76. The highest BCUT2D eigenvalue weighted by Crippen LogP contribution is 2.17. The third-order valence-corrected chi connectivity index (χ3v) is 5.66. The van der Waals surface area contributed by atoms with Gasteiger partial charge >= 0.3 is 0 Å². The first-order valence-corrected chi connectivity index (χ1v) is 9.91. The predicted octanol–water partition coefficient (Wildman–Crippen LogP) is 2.72. The Morgan fingerprint density at radius 1 is 1.15 bits per heavy atom. The first kappa shape index (κ1) is 20.2. The lowest BCUT2D eigenvalue weighted by Crippen LogP contribution is -2.46. The van der Waals surface area contributed by atoms with Crippen LogP contribution in [0.1, 0.15) is 18.9 Å². The smallest absolute Gasteiger partial charge is 0.241 e. The van der Waals surface area contributed by atoms with Gasteiger partial charge in [-0.25, -0.2) is 8.42 Å². The quantitative estimate of drug-likeness (QED) is 0.718. The topological polar surface area (TPSA) is 84.5 Å². The fourth-order valence-electron chi connectivity index (χ4n) is 2.28. The summed E-state index contributed by atoms with van der Waals surface area (Å²) in [5.74, 6) is 0.137. The Morgan fingerprint density at radius 2 is 1.81 bits per heavy atom. The first-order chi connectivity index (χ1) is 12.4. The van der Waals surface area contributed by atoms with E-state index in [-0.39, 0.29) is 11.4 Å². The Morgan fingerprint density at radius 3 is 2.38 bits per heavy atom. The highest BCUT2D eigenvalue weighted by atomic mass is 35.5. The molecule has 1 amide bonds. The minimum Gasteiger partial charge on any atom is -0.497 e. The number of hydrogen-bond donors (Lipinski definition) is 2. The fraction of sp³-hybridized carbons (Fsp3) is 0.278. The van der Waals surface area contributed by atoms with Crippen LogP contribution in [-0.2, 0) is 21.4 Å². The van der Waals surface area contributed by atoms with Gasteiger partial charge in [0.05, 0.1) is 12.0 Å². The van der Waals surface area contributed by atoms with Crippen LogP contribution in [0.15, 0.2) is 53.4 Å². The van der Waals surface area contributed by atoms with E-state index in [1.807, 2.05) is 6.07 Å². The van der Waals surface area contributed by atoms with Gasteiger partial charge < -0.3 is 10.1 Å². The van der Waals surface area contributed by atoms with Crippen LogP contribution in [0.3, 0.4) is 0 Å². The molecule has 1 atom stereocenters. The molecule has 140 valence electrons. The Kier molecular flexibility index (Phi) is 7.02. The van der Waals surface area contributed by atoms with E-state index in [0.717, 1.165) is 5.56 Å². The van der Waals surface area contributed by atoms with Crippen molar-refractivity contribution in [3.05, 3.63) is 59.1 Å². The second-order valence-corrected chi connectivity index (χ2v) is 7.69. The second kappa shape index (κ2) is 9.02. The molecular formula is C18H21ClN2O4S. The highest BCUT2D eigenvalue weighted by molar-refractivity contribution is 7.89. The standard InChI is InChI=1S/C18H21ClN2O4S/c1-3-17(18(22)20-12-13-6-4-5-7-16(13)19)21-26(23,24)15-10-8-14(25-2)9-11-15/h4-11,17,21H,3,12H2,1-2H3,(H,20,22). The van der Waals surface area contributed by atoms with Crippen LogP contribution in [0.25, 0.3) is 0 Å². The molecule has 0 saturated carbocycles. The van der Waals surface area contributed by atoms with Crippen molar-refractivity contribution in [1.82, 2.24) is 10.0 Å². The molecule has 2 aromatic carbocycles. The van der Waals surface area contributed by atoms with E-state index in [4.69, 9.17) is 16.3 Å². The number of methoxy groups -OCH3 is 1. The number of rotatable bonds is 8. The summed E-state index contributed by atoms with van der Waals surface area (Å²) >= 11 is 6.06. The summed E-state index contributed by atoms with van der Waals surface area (Å²) in [5.41, 5.74) is 0.760. The van der Waals surface area contributed by atoms with Crippen molar-refractivity contribution in [3.63, 3.8) is 0 Å². The number of hydrogen-bond acceptors (Lipinski definition) is 4. The summed E-state index contributed by atoms with van der Waals surface area (Å²) in [7, 11) is -2.33. The van der Waals surface area contributed by atoms with E-state index in [1.165, 1.54) is 19.2 Å². The summed E-state index contributed by atoms with van der Waals surface area (Å²) in [5, 5.41) is 3.25. The normalized spacial score (nSPS) is 12.4. The van der Waals surface area contributed by atoms with E-state index in [2.05, 4.69) is 10.0 Å². The van der Waals surface area contributed by atoms with Crippen molar-refractivity contribution >= 4 is 27.5 Å². The number of halogens is 1. The van der Waals surface area contributed by atoms with Gasteiger partial charge in [0.25, 0.3) is 0 Å². The number of carbonyl (C=O) groups excluding carboxylic acids is 1. The van der Waals surface area contributed by atoms with Gasteiger partial charge in [-0.2, -0.15) is 4.72 Å². The first-order valence-electron chi connectivity index (χ1n) is 8.05. The second-order valence-electron chi connectivity index (χ2n) is 5.57. The van der Waals surface area contributed by atoms with Crippen molar-refractivity contribution in [2.45, 2.75) is 30.8 Å². The van der Waals surface area contributed by atoms with E-state index in [1.54, 1.807) is 37.3 Å². The van der Waals surface area contributed by atoms with Crippen LogP contribution in [0.2, 0.25) is 5.02 Å². The minimum absolute atomic E-state index is 0.0654. The molecule has 0 aliphatic carbocycles. The Balaban J connectivity index is 2.04. The Labute approximate surface area is 158 Å². The molecule has 0 aliphatic heterocycles. The van der Waals surface area contributed by atoms with Gasteiger partial charge in [-0.05, 0) is 42.3 Å². The number of nitrogens with one attached hydrogen (secondary N) is 2. The summed E-state index contributed by atoms with van der Waals surface area (Å²) in [4.78, 5) is 12.4. The highest BCUT2D eigenvalue weighted by Gasteiger charge is 2.24. The van der Waals surface area contributed by atoms with Crippen LogP contribution >= 0.6 is 11.6 Å². The zero-order valence-electron chi connectivity index (χ0n) is 14.5. The van der Waals surface area contributed by atoms with E-state index < -0.39 is 22.0 Å². The van der Waals surface area contributed by atoms with Crippen molar-refractivity contribution in [2.75, 3.05) is 7.11 Å². The van der Waals surface area contributed by atoms with Crippen molar-refractivity contribution in [3.8, 4) is 5.75 Å². The third kappa shape index (κ3) is 5.20. The number of amides is 1. The maximum Gasteiger partial charge on any atom is 0.241 e. The maximum atomic E-state index is 12.5. The summed E-state index contributed by atoms with van der Waals surface area (Å²) in [6.07, 6.45) is 0.309. The molecule has 0 spiro atoms. The average molecular weight is 397 g/mol. The zero-order chi connectivity index (χ0) is 19.2. The lowest BCUT2D eigenvalue weighted by molar-refractivity contribution is -0.122. The van der Waals surface area contributed by atoms with Crippen LogP contribution in [0.5, 0.6) is 5.75 Å². The van der Waals surface area contributed by atoms with Gasteiger partial charge in [-0.15, -0.1) is 0 Å². The molecule has 1 unspecified atom stereocenters. The Bertz CT molecular complexity index is 854. The maximum absolute atomic E-state index is 12.5. The molecule has 0 saturated heterocycles. The average Bonchev–Trinajstić information content (AvgIpc) is 2.65. The van der Waals surface area contributed by atoms with Crippen LogP contribution in [0.4, 0.5) is 0 Å². The molecule has 26 heavy (non-hydrogen) atoms. The lowest BCUT2D eigenvalue weighted by atomic mass is 10.2. The Hall–Kier alpha value is -2.09. The molecule has 0 aromatic heterocycles. The van der Waals surface area contributed by atoms with Crippen molar-refractivity contribution in [2.24, 2.45) is 0 Å². The molecular weight excluding hydrogens is 376 g/mol. The molecule has 0 aliphatic rings. The summed E-state index contributed by atoms with van der Waals surface area (Å²) < 4.78 is 32.4. The van der Waals surface area contributed by atoms with E-state index in [0.29, 0.717) is 17.2 Å². The molecule has 2 aromatic rings. The monoisotopic (exact) mass is 396 g/mol. The largest absolute Gasteiger partial charge is 0.497 e. The van der Waals surface area contributed by atoms with E-state index in [9.17, 15) is 13.2 Å². The third-order valence-electron chi connectivity index (χ3n) is 3.80. The molecule has 0 radical (unpaired) electrons. The van der Waals surface area contributed by atoms with Gasteiger partial charge in [-0.3, -0.25) is 4.79 Å². The van der Waals surface area contributed by atoms with Crippen LogP contribution < -0.4 is 14.8 Å². The molecule has 2 N–H and O–H groups in total. The minimum atomic E-state index is -3.83. The van der Waals surface area contributed by atoms with Crippen molar-refractivity contribution in [1.29, 1.82) is 0 Å². The molecule has 8 heteroatoms. The summed E-state index contributed by atoms with van der Waals surface area (Å²) in [6.45, 7) is 1.95.